The Kier molecular flexibility index (Phi) is 5.74. The summed E-state index contributed by atoms with van der Waals surface area (Å²) in [5.41, 5.74) is 3.20. The van der Waals surface area contributed by atoms with Gasteiger partial charge < -0.3 is 10.1 Å². The number of amides is 1. The number of aryl methyl sites for hydroxylation is 3. The number of benzene rings is 1. The minimum atomic E-state index is -3.11. The van der Waals surface area contributed by atoms with Crippen molar-refractivity contribution in [3.05, 3.63) is 40.7 Å². The number of nitrogens with one attached hydrogen (secondary N) is 1. The molecule has 0 spiro atoms. The number of nitrogens with zero attached hydrogens (tertiary/aromatic N) is 3. The number of sulfone groups is 1. The topological polar surface area (TPSA) is 120 Å². The molecule has 0 bridgehead atoms. The van der Waals surface area contributed by atoms with Crippen molar-refractivity contribution < 1.29 is 22.7 Å². The molecule has 3 rings (SSSR count). The first kappa shape index (κ1) is 21.0. The molecular formula is C19H24N4O5S. The molecule has 0 radical (unpaired) electrons. The first-order valence-corrected chi connectivity index (χ1v) is 11.1. The minimum Gasteiger partial charge on any atom is -0.448 e. The van der Waals surface area contributed by atoms with Crippen LogP contribution >= 0.6 is 0 Å². The summed E-state index contributed by atoms with van der Waals surface area (Å²) < 4.78 is 28.2. The van der Waals surface area contributed by atoms with E-state index in [4.69, 9.17) is 4.74 Å². The van der Waals surface area contributed by atoms with Crippen LogP contribution in [0.2, 0.25) is 0 Å². The van der Waals surface area contributed by atoms with Crippen molar-refractivity contribution in [3.8, 4) is 5.69 Å². The van der Waals surface area contributed by atoms with Gasteiger partial charge in [0, 0.05) is 6.04 Å². The Morgan fingerprint density at radius 2 is 1.97 bits per heavy atom. The average molecular weight is 420 g/mol. The quantitative estimate of drug-likeness (QED) is 0.718. The van der Waals surface area contributed by atoms with Gasteiger partial charge in [0.25, 0.3) is 5.91 Å². The molecule has 29 heavy (non-hydrogen) atoms. The van der Waals surface area contributed by atoms with Gasteiger partial charge in [0.15, 0.2) is 21.6 Å². The number of carbonyl (C=O) groups excluding carboxylic acids is 2. The molecule has 1 aliphatic rings. The third-order valence-electron chi connectivity index (χ3n) is 4.78. The van der Waals surface area contributed by atoms with Crippen molar-refractivity contribution in [2.24, 2.45) is 0 Å². The van der Waals surface area contributed by atoms with Crippen molar-refractivity contribution in [1.82, 2.24) is 20.3 Å². The van der Waals surface area contributed by atoms with Gasteiger partial charge in [0.1, 0.15) is 0 Å². The summed E-state index contributed by atoms with van der Waals surface area (Å²) in [6.45, 7) is 6.97. The lowest BCUT2D eigenvalue weighted by atomic mass is 10.1. The monoisotopic (exact) mass is 420 g/mol. The van der Waals surface area contributed by atoms with Gasteiger partial charge in [0.05, 0.1) is 22.9 Å². The molecule has 1 aliphatic heterocycles. The smallest absolute Gasteiger partial charge is 0.361 e. The molecule has 1 fully saturated rings. The Morgan fingerprint density at radius 1 is 1.24 bits per heavy atom. The van der Waals surface area contributed by atoms with Gasteiger partial charge in [-0.2, -0.15) is 9.90 Å². The van der Waals surface area contributed by atoms with E-state index in [1.54, 1.807) is 6.92 Å². The zero-order valence-corrected chi connectivity index (χ0v) is 17.6. The van der Waals surface area contributed by atoms with Gasteiger partial charge >= 0.3 is 5.97 Å². The standard InChI is InChI=1S/C19H24N4O5S/c1-11-5-6-16(12(2)9-11)23-21-13(3)17(22-23)19(25)28-14(4)18(24)20-15-7-8-29(26,27)10-15/h5-6,9,14-15H,7-8,10H2,1-4H3,(H,20,24)/t14-,15-/m1/s1. The van der Waals surface area contributed by atoms with Crippen LogP contribution in [0, 0.1) is 20.8 Å². The van der Waals surface area contributed by atoms with Crippen LogP contribution in [-0.2, 0) is 19.4 Å². The first-order valence-electron chi connectivity index (χ1n) is 9.29. The third-order valence-corrected chi connectivity index (χ3v) is 6.54. The molecule has 0 aliphatic carbocycles. The molecule has 0 saturated carbocycles. The van der Waals surface area contributed by atoms with Crippen molar-refractivity contribution in [2.75, 3.05) is 11.5 Å². The Bertz CT molecular complexity index is 1060. The number of hydrogen-bond acceptors (Lipinski definition) is 7. The van der Waals surface area contributed by atoms with Gasteiger partial charge in [-0.25, -0.2) is 13.2 Å². The summed E-state index contributed by atoms with van der Waals surface area (Å²) in [6, 6.07) is 5.32. The molecule has 156 valence electrons. The number of aromatic nitrogens is 3. The van der Waals surface area contributed by atoms with E-state index in [0.29, 0.717) is 12.1 Å². The maximum absolute atomic E-state index is 12.5. The van der Waals surface area contributed by atoms with E-state index in [-0.39, 0.29) is 17.2 Å². The number of carbonyl (C=O) groups is 2. The lowest BCUT2D eigenvalue weighted by molar-refractivity contribution is -0.129. The summed E-state index contributed by atoms with van der Waals surface area (Å²) in [5, 5.41) is 11.1. The lowest BCUT2D eigenvalue weighted by Crippen LogP contribution is -2.42. The highest BCUT2D eigenvalue weighted by Gasteiger charge is 2.31. The van der Waals surface area contributed by atoms with Gasteiger partial charge in [-0.05, 0) is 45.7 Å². The van der Waals surface area contributed by atoms with Crippen LogP contribution in [0.4, 0.5) is 0 Å². The van der Waals surface area contributed by atoms with Gasteiger partial charge in [0.2, 0.25) is 0 Å². The second-order valence-corrected chi connectivity index (χ2v) is 9.60. The Labute approximate surface area is 169 Å². The van der Waals surface area contributed by atoms with Gasteiger partial charge in [-0.1, -0.05) is 17.7 Å². The highest BCUT2D eigenvalue weighted by Crippen LogP contribution is 2.16. The fourth-order valence-electron chi connectivity index (χ4n) is 3.20. The van der Waals surface area contributed by atoms with E-state index in [9.17, 15) is 18.0 Å². The van der Waals surface area contributed by atoms with Crippen molar-refractivity contribution >= 4 is 21.7 Å². The molecule has 1 aromatic carbocycles. The van der Waals surface area contributed by atoms with Crippen molar-refractivity contribution in [3.63, 3.8) is 0 Å². The highest BCUT2D eigenvalue weighted by atomic mass is 32.2. The van der Waals surface area contributed by atoms with Crippen LogP contribution in [-0.4, -0.2) is 58.9 Å². The van der Waals surface area contributed by atoms with E-state index < -0.39 is 33.9 Å². The predicted molar refractivity (Wildman–Crippen MR) is 106 cm³/mol. The van der Waals surface area contributed by atoms with E-state index in [0.717, 1.165) is 16.8 Å². The first-order chi connectivity index (χ1) is 13.6. The Hall–Kier alpha value is -2.75. The van der Waals surface area contributed by atoms with Crippen LogP contribution in [0.3, 0.4) is 0 Å². The summed E-state index contributed by atoms with van der Waals surface area (Å²) in [6.07, 6.45) is -0.727. The fourth-order valence-corrected chi connectivity index (χ4v) is 4.88. The molecule has 1 N–H and O–H groups in total. The zero-order chi connectivity index (χ0) is 21.3. The highest BCUT2D eigenvalue weighted by molar-refractivity contribution is 7.91. The van der Waals surface area contributed by atoms with Gasteiger partial charge in [-0.15, -0.1) is 5.10 Å². The normalized spacial score (nSPS) is 19.0. The number of ether oxygens (including phenoxy) is 1. The van der Waals surface area contributed by atoms with Crippen molar-refractivity contribution in [1.29, 1.82) is 0 Å². The summed E-state index contributed by atoms with van der Waals surface area (Å²) in [5.74, 6) is -1.35. The minimum absolute atomic E-state index is 0.0214. The Morgan fingerprint density at radius 3 is 2.59 bits per heavy atom. The predicted octanol–water partition coefficient (Wildman–Crippen LogP) is 1.04. The van der Waals surface area contributed by atoms with E-state index in [1.807, 2.05) is 32.0 Å². The van der Waals surface area contributed by atoms with Crippen LogP contribution in [0.25, 0.3) is 5.69 Å². The molecule has 2 atom stereocenters. The molecule has 9 nitrogen and oxygen atoms in total. The lowest BCUT2D eigenvalue weighted by Gasteiger charge is -2.16. The second-order valence-electron chi connectivity index (χ2n) is 7.37. The van der Waals surface area contributed by atoms with E-state index >= 15 is 0 Å². The van der Waals surface area contributed by atoms with Crippen LogP contribution < -0.4 is 5.32 Å². The fraction of sp³-hybridized carbons (Fsp3) is 0.474. The van der Waals surface area contributed by atoms with E-state index in [1.165, 1.54) is 11.7 Å². The third kappa shape index (κ3) is 4.81. The number of esters is 1. The zero-order valence-electron chi connectivity index (χ0n) is 16.8. The molecule has 0 unspecified atom stereocenters. The van der Waals surface area contributed by atoms with Crippen LogP contribution in [0.1, 0.15) is 40.7 Å². The van der Waals surface area contributed by atoms with Gasteiger partial charge in [-0.3, -0.25) is 4.79 Å². The number of hydrogen-bond donors (Lipinski definition) is 1. The molecule has 1 amide bonds. The maximum atomic E-state index is 12.5. The molecule has 1 aromatic heterocycles. The summed E-state index contributed by atoms with van der Waals surface area (Å²) >= 11 is 0. The number of rotatable bonds is 5. The SMILES string of the molecule is Cc1ccc(-n2nc(C)c(C(=O)O[C@H](C)C(=O)N[C@@H]3CCS(=O)(=O)C3)n2)c(C)c1. The molecule has 1 saturated heterocycles. The molecule has 10 heteroatoms. The van der Waals surface area contributed by atoms with E-state index in [2.05, 4.69) is 15.5 Å². The maximum Gasteiger partial charge on any atom is 0.361 e. The largest absolute Gasteiger partial charge is 0.448 e. The molecular weight excluding hydrogens is 396 g/mol. The summed E-state index contributed by atoms with van der Waals surface area (Å²) in [4.78, 5) is 26.1. The second kappa shape index (κ2) is 7.94. The molecule has 2 heterocycles. The molecule has 2 aromatic rings. The Balaban J connectivity index is 1.67. The average Bonchev–Trinajstić information content (AvgIpc) is 3.16. The van der Waals surface area contributed by atoms with Crippen LogP contribution in [0.15, 0.2) is 18.2 Å². The summed E-state index contributed by atoms with van der Waals surface area (Å²) in [7, 11) is -3.11. The van der Waals surface area contributed by atoms with Crippen molar-refractivity contribution in [2.45, 2.75) is 46.3 Å². The van der Waals surface area contributed by atoms with Crippen LogP contribution in [0.5, 0.6) is 0 Å².